The van der Waals surface area contributed by atoms with E-state index in [-0.39, 0.29) is 11.3 Å². The van der Waals surface area contributed by atoms with Gasteiger partial charge < -0.3 is 14.6 Å². The minimum atomic E-state index is -1.67. The van der Waals surface area contributed by atoms with E-state index in [1.165, 1.54) is 19.2 Å². The summed E-state index contributed by atoms with van der Waals surface area (Å²) in [6.45, 7) is 0. The van der Waals surface area contributed by atoms with Crippen LogP contribution in [0.3, 0.4) is 0 Å². The normalized spacial score (nSPS) is 12.0. The van der Waals surface area contributed by atoms with Gasteiger partial charge in [-0.15, -0.1) is 0 Å². The molecule has 5 heteroatoms. The van der Waals surface area contributed by atoms with Gasteiger partial charge in [0.1, 0.15) is 11.6 Å². The SMILES string of the molecule is COC(=O)C(O)c1c(F)cccc1OC. The number of rotatable bonds is 3. The van der Waals surface area contributed by atoms with Crippen molar-refractivity contribution in [3.8, 4) is 5.75 Å². The molecule has 82 valence electrons. The monoisotopic (exact) mass is 214 g/mol. The Balaban J connectivity index is 3.16. The molecular formula is C10H11FO4. The zero-order valence-corrected chi connectivity index (χ0v) is 8.36. The second-order valence-electron chi connectivity index (χ2n) is 2.78. The Morgan fingerprint density at radius 1 is 1.47 bits per heavy atom. The molecule has 1 atom stereocenters. The number of hydrogen-bond acceptors (Lipinski definition) is 4. The van der Waals surface area contributed by atoms with Crippen LogP contribution in [0.15, 0.2) is 18.2 Å². The first kappa shape index (κ1) is 11.5. The standard InChI is InChI=1S/C10H11FO4/c1-14-7-5-3-4-6(11)8(7)9(12)10(13)15-2/h3-5,9,12H,1-2H3. The van der Waals surface area contributed by atoms with E-state index in [2.05, 4.69) is 4.74 Å². The summed E-state index contributed by atoms with van der Waals surface area (Å²) in [5.41, 5.74) is -0.216. The topological polar surface area (TPSA) is 55.8 Å². The number of hydrogen-bond donors (Lipinski definition) is 1. The third kappa shape index (κ3) is 2.24. The number of benzene rings is 1. The van der Waals surface area contributed by atoms with Crippen molar-refractivity contribution in [2.75, 3.05) is 14.2 Å². The molecule has 0 aliphatic carbocycles. The molecule has 4 nitrogen and oxygen atoms in total. The van der Waals surface area contributed by atoms with Crippen LogP contribution in [0.5, 0.6) is 5.75 Å². The van der Waals surface area contributed by atoms with E-state index in [1.807, 2.05) is 0 Å². The molecule has 0 radical (unpaired) electrons. The van der Waals surface area contributed by atoms with Crippen molar-refractivity contribution in [1.29, 1.82) is 0 Å². The summed E-state index contributed by atoms with van der Waals surface area (Å²) in [7, 11) is 2.43. The van der Waals surface area contributed by atoms with Crippen LogP contribution in [-0.4, -0.2) is 25.3 Å². The van der Waals surface area contributed by atoms with Crippen molar-refractivity contribution in [3.63, 3.8) is 0 Å². The van der Waals surface area contributed by atoms with Crippen molar-refractivity contribution < 1.29 is 23.8 Å². The molecule has 0 bridgehead atoms. The van der Waals surface area contributed by atoms with E-state index in [0.29, 0.717) is 0 Å². The molecule has 0 aliphatic heterocycles. The first-order valence-corrected chi connectivity index (χ1v) is 4.20. The Morgan fingerprint density at radius 3 is 2.67 bits per heavy atom. The summed E-state index contributed by atoms with van der Waals surface area (Å²) in [6.07, 6.45) is -1.67. The molecule has 1 rings (SSSR count). The average molecular weight is 214 g/mol. The fourth-order valence-electron chi connectivity index (χ4n) is 1.19. The third-order valence-electron chi connectivity index (χ3n) is 1.93. The quantitative estimate of drug-likeness (QED) is 0.764. The molecule has 0 saturated carbocycles. The van der Waals surface area contributed by atoms with Gasteiger partial charge in [-0.2, -0.15) is 0 Å². The average Bonchev–Trinajstić information content (AvgIpc) is 2.26. The molecule has 0 aromatic heterocycles. The summed E-state index contributed by atoms with van der Waals surface area (Å²) in [4.78, 5) is 11.0. The number of aliphatic hydroxyl groups is 1. The summed E-state index contributed by atoms with van der Waals surface area (Å²) in [5, 5.41) is 9.49. The number of carbonyl (C=O) groups excluding carboxylic acids is 1. The van der Waals surface area contributed by atoms with Gasteiger partial charge in [0.2, 0.25) is 0 Å². The van der Waals surface area contributed by atoms with Crippen LogP contribution in [-0.2, 0) is 9.53 Å². The van der Waals surface area contributed by atoms with Crippen molar-refractivity contribution in [3.05, 3.63) is 29.6 Å². The Morgan fingerprint density at radius 2 is 2.13 bits per heavy atom. The molecule has 0 amide bonds. The highest BCUT2D eigenvalue weighted by atomic mass is 19.1. The molecule has 0 saturated heterocycles. The van der Waals surface area contributed by atoms with E-state index < -0.39 is 17.9 Å². The minimum absolute atomic E-state index is 0.105. The molecule has 0 spiro atoms. The highest BCUT2D eigenvalue weighted by Crippen LogP contribution is 2.28. The lowest BCUT2D eigenvalue weighted by atomic mass is 10.1. The maximum atomic E-state index is 13.3. The summed E-state index contributed by atoms with van der Waals surface area (Å²) >= 11 is 0. The van der Waals surface area contributed by atoms with Gasteiger partial charge in [-0.3, -0.25) is 0 Å². The van der Waals surface area contributed by atoms with Gasteiger partial charge in [0.25, 0.3) is 0 Å². The van der Waals surface area contributed by atoms with Crippen molar-refractivity contribution in [2.45, 2.75) is 6.10 Å². The number of methoxy groups -OCH3 is 2. The highest BCUT2D eigenvalue weighted by Gasteiger charge is 2.25. The molecule has 1 unspecified atom stereocenters. The predicted molar refractivity (Wildman–Crippen MR) is 49.9 cm³/mol. The Kier molecular flexibility index (Phi) is 3.62. The first-order valence-electron chi connectivity index (χ1n) is 4.20. The summed E-state index contributed by atoms with van der Waals surface area (Å²) < 4.78 is 22.5. The Hall–Kier alpha value is -1.62. The lowest BCUT2D eigenvalue weighted by molar-refractivity contribution is -0.151. The van der Waals surface area contributed by atoms with E-state index in [9.17, 15) is 14.3 Å². The van der Waals surface area contributed by atoms with Crippen molar-refractivity contribution in [1.82, 2.24) is 0 Å². The van der Waals surface area contributed by atoms with Gasteiger partial charge in [-0.25, -0.2) is 9.18 Å². The number of halogens is 1. The van der Waals surface area contributed by atoms with Crippen LogP contribution in [0.25, 0.3) is 0 Å². The van der Waals surface area contributed by atoms with E-state index >= 15 is 0 Å². The van der Waals surface area contributed by atoms with Crippen LogP contribution in [0.4, 0.5) is 4.39 Å². The lowest BCUT2D eigenvalue weighted by Gasteiger charge is -2.13. The van der Waals surface area contributed by atoms with Gasteiger partial charge in [-0.05, 0) is 12.1 Å². The fourth-order valence-corrected chi connectivity index (χ4v) is 1.19. The second kappa shape index (κ2) is 4.75. The molecule has 0 aliphatic rings. The molecule has 0 fully saturated rings. The summed E-state index contributed by atoms with van der Waals surface area (Å²) in [6, 6.07) is 4.00. The number of ether oxygens (including phenoxy) is 2. The smallest absolute Gasteiger partial charge is 0.339 e. The number of esters is 1. The molecule has 0 heterocycles. The Labute approximate surface area is 86.2 Å². The fraction of sp³-hybridized carbons (Fsp3) is 0.300. The maximum absolute atomic E-state index is 13.3. The van der Waals surface area contributed by atoms with Crippen LogP contribution in [0.2, 0.25) is 0 Å². The van der Waals surface area contributed by atoms with E-state index in [0.717, 1.165) is 13.2 Å². The lowest BCUT2D eigenvalue weighted by Crippen LogP contribution is -2.15. The minimum Gasteiger partial charge on any atom is -0.496 e. The zero-order valence-electron chi connectivity index (χ0n) is 8.36. The second-order valence-corrected chi connectivity index (χ2v) is 2.78. The van der Waals surface area contributed by atoms with E-state index in [1.54, 1.807) is 0 Å². The predicted octanol–water partition coefficient (Wildman–Crippen LogP) is 1.04. The molecule has 15 heavy (non-hydrogen) atoms. The van der Waals surface area contributed by atoms with Crippen molar-refractivity contribution in [2.24, 2.45) is 0 Å². The van der Waals surface area contributed by atoms with Gasteiger partial charge in [-0.1, -0.05) is 6.07 Å². The number of carbonyl (C=O) groups is 1. The molecule has 1 aromatic rings. The maximum Gasteiger partial charge on any atom is 0.339 e. The van der Waals surface area contributed by atoms with Gasteiger partial charge in [0.15, 0.2) is 6.10 Å². The molecule has 1 N–H and O–H groups in total. The van der Waals surface area contributed by atoms with Gasteiger partial charge in [0, 0.05) is 0 Å². The van der Waals surface area contributed by atoms with Crippen LogP contribution in [0.1, 0.15) is 11.7 Å². The van der Waals surface area contributed by atoms with Crippen LogP contribution < -0.4 is 4.74 Å². The van der Waals surface area contributed by atoms with Gasteiger partial charge >= 0.3 is 5.97 Å². The molecule has 1 aromatic carbocycles. The Bertz CT molecular complexity index is 364. The number of aliphatic hydroxyl groups excluding tert-OH is 1. The largest absolute Gasteiger partial charge is 0.496 e. The van der Waals surface area contributed by atoms with E-state index in [4.69, 9.17) is 4.74 Å². The third-order valence-corrected chi connectivity index (χ3v) is 1.93. The van der Waals surface area contributed by atoms with Gasteiger partial charge in [0.05, 0.1) is 19.8 Å². The molecular weight excluding hydrogens is 203 g/mol. The van der Waals surface area contributed by atoms with Crippen LogP contribution >= 0.6 is 0 Å². The summed E-state index contributed by atoms with van der Waals surface area (Å²) in [5.74, 6) is -1.54. The highest BCUT2D eigenvalue weighted by molar-refractivity contribution is 5.77. The first-order chi connectivity index (χ1) is 7.11. The van der Waals surface area contributed by atoms with Crippen LogP contribution in [0, 0.1) is 5.82 Å². The zero-order chi connectivity index (χ0) is 11.4. The van der Waals surface area contributed by atoms with Crippen molar-refractivity contribution >= 4 is 5.97 Å².